The number of carbonyl (C=O) groups excluding carboxylic acids is 2. The highest BCUT2D eigenvalue weighted by atomic mass is 32.2. The Hall–Kier alpha value is -1.93. The van der Waals surface area contributed by atoms with E-state index >= 15 is 0 Å². The molecule has 0 aliphatic carbocycles. The molecule has 1 aromatic carbocycles. The predicted octanol–water partition coefficient (Wildman–Crippen LogP) is -0.436. The van der Waals surface area contributed by atoms with E-state index in [0.717, 1.165) is 5.56 Å². The van der Waals surface area contributed by atoms with Crippen LogP contribution in [0.3, 0.4) is 0 Å². The average Bonchev–Trinajstić information content (AvgIpc) is 2.34. The van der Waals surface area contributed by atoms with Crippen LogP contribution in [0.5, 0.6) is 0 Å². The molecule has 8 heteroatoms. The number of β-lactam (4-membered cyclic amide) rings is 1. The van der Waals surface area contributed by atoms with Crippen LogP contribution in [0.15, 0.2) is 30.3 Å². The Morgan fingerprint density at radius 2 is 2.00 bits per heavy atom. The number of hydrogen-bond donors (Lipinski definition) is 2. The monoisotopic (exact) mass is 284 g/mol. The fourth-order valence-corrected chi connectivity index (χ4v) is 2.40. The third-order valence-electron chi connectivity index (χ3n) is 2.80. The maximum Gasteiger partial charge on any atom is 0.362 e. The van der Waals surface area contributed by atoms with Crippen LogP contribution < -0.4 is 5.32 Å². The van der Waals surface area contributed by atoms with Gasteiger partial charge in [0, 0.05) is 6.54 Å². The summed E-state index contributed by atoms with van der Waals surface area (Å²) in [5.74, 6) is -2.51. The number of nitrogens with zero attached hydrogens (tertiary/aromatic N) is 1. The van der Waals surface area contributed by atoms with Gasteiger partial charge in [0.05, 0.1) is 6.54 Å². The van der Waals surface area contributed by atoms with Crippen molar-refractivity contribution in [2.45, 2.75) is 6.54 Å². The van der Waals surface area contributed by atoms with E-state index in [1.807, 2.05) is 30.3 Å². The Bertz CT molecular complexity index is 599. The van der Waals surface area contributed by atoms with E-state index in [-0.39, 0.29) is 17.4 Å². The second-order valence-corrected chi connectivity index (χ2v) is 5.44. The van der Waals surface area contributed by atoms with Gasteiger partial charge in [-0.25, -0.2) is 4.31 Å². The summed E-state index contributed by atoms with van der Waals surface area (Å²) in [5.41, 5.74) is 0.870. The van der Waals surface area contributed by atoms with Crippen molar-refractivity contribution in [3.8, 4) is 0 Å². The van der Waals surface area contributed by atoms with Crippen LogP contribution in [0.1, 0.15) is 5.56 Å². The average molecular weight is 284 g/mol. The Labute approximate surface area is 110 Å². The molecular formula is C11H12N2O5S. The van der Waals surface area contributed by atoms with E-state index in [9.17, 15) is 18.0 Å². The zero-order chi connectivity index (χ0) is 14.0. The van der Waals surface area contributed by atoms with E-state index < -0.39 is 28.0 Å². The first-order chi connectivity index (χ1) is 8.89. The van der Waals surface area contributed by atoms with Crippen LogP contribution in [0.25, 0.3) is 0 Å². The summed E-state index contributed by atoms with van der Waals surface area (Å²) in [6.07, 6.45) is 0. The Morgan fingerprint density at radius 3 is 2.53 bits per heavy atom. The summed E-state index contributed by atoms with van der Waals surface area (Å²) < 4.78 is 30.3. The number of nitrogens with one attached hydrogen (secondary N) is 1. The summed E-state index contributed by atoms with van der Waals surface area (Å²) in [6, 6.07) is 9.09. The third kappa shape index (κ3) is 2.91. The maximum atomic E-state index is 11.6. The van der Waals surface area contributed by atoms with Gasteiger partial charge in [0.1, 0.15) is 5.92 Å². The molecule has 19 heavy (non-hydrogen) atoms. The lowest BCUT2D eigenvalue weighted by Gasteiger charge is -2.33. The highest BCUT2D eigenvalue weighted by molar-refractivity contribution is 7.84. The van der Waals surface area contributed by atoms with Crippen LogP contribution in [0.2, 0.25) is 0 Å². The van der Waals surface area contributed by atoms with Crippen molar-refractivity contribution in [1.82, 2.24) is 9.62 Å². The maximum absolute atomic E-state index is 11.6. The van der Waals surface area contributed by atoms with Gasteiger partial charge in [-0.1, -0.05) is 30.3 Å². The number of hydrogen-bond acceptors (Lipinski definition) is 4. The zero-order valence-corrected chi connectivity index (χ0v) is 10.6. The Morgan fingerprint density at radius 1 is 1.37 bits per heavy atom. The Kier molecular flexibility index (Phi) is 3.54. The molecule has 0 bridgehead atoms. The molecule has 2 rings (SSSR count). The summed E-state index contributed by atoms with van der Waals surface area (Å²) in [4.78, 5) is 23.0. The number of benzene rings is 1. The molecule has 1 fully saturated rings. The van der Waals surface area contributed by atoms with E-state index in [1.165, 1.54) is 0 Å². The fraction of sp³-hybridized carbons (Fsp3) is 0.273. The molecule has 0 saturated carbocycles. The topological polar surface area (TPSA) is 104 Å². The first-order valence-electron chi connectivity index (χ1n) is 5.50. The highest BCUT2D eigenvalue weighted by Gasteiger charge is 2.47. The molecule has 1 aliphatic heterocycles. The summed E-state index contributed by atoms with van der Waals surface area (Å²) >= 11 is 0. The molecule has 1 heterocycles. The van der Waals surface area contributed by atoms with E-state index in [2.05, 4.69) is 5.32 Å². The second-order valence-electron chi connectivity index (χ2n) is 4.10. The summed E-state index contributed by atoms with van der Waals surface area (Å²) in [6.45, 7) is -0.0619. The van der Waals surface area contributed by atoms with Gasteiger partial charge in [0.2, 0.25) is 5.91 Å². The van der Waals surface area contributed by atoms with Crippen molar-refractivity contribution in [3.63, 3.8) is 0 Å². The lowest BCUT2D eigenvalue weighted by Crippen LogP contribution is -2.59. The third-order valence-corrected chi connectivity index (χ3v) is 3.68. The van der Waals surface area contributed by atoms with Crippen molar-refractivity contribution in [2.75, 3.05) is 6.54 Å². The van der Waals surface area contributed by atoms with Crippen molar-refractivity contribution < 1.29 is 22.6 Å². The number of carbonyl (C=O) groups is 2. The van der Waals surface area contributed by atoms with Gasteiger partial charge in [-0.2, -0.15) is 8.42 Å². The van der Waals surface area contributed by atoms with Gasteiger partial charge in [-0.05, 0) is 5.56 Å². The van der Waals surface area contributed by atoms with Gasteiger partial charge < -0.3 is 5.32 Å². The van der Waals surface area contributed by atoms with Crippen LogP contribution >= 0.6 is 0 Å². The standard InChI is InChI=1S/C11H12N2O5S/c14-10(12-6-8-4-2-1-3-5-8)9-7-13(11(9)15)19(16,17)18/h1-5,9H,6-7H2,(H,12,14)(H,16,17,18)/t9-/m1/s1. The minimum atomic E-state index is -4.55. The highest BCUT2D eigenvalue weighted by Crippen LogP contribution is 2.20. The number of amides is 2. The quantitative estimate of drug-likeness (QED) is 0.443. The molecule has 0 aromatic heterocycles. The van der Waals surface area contributed by atoms with Crippen molar-refractivity contribution >= 4 is 22.1 Å². The molecule has 0 radical (unpaired) electrons. The van der Waals surface area contributed by atoms with Crippen molar-refractivity contribution in [3.05, 3.63) is 35.9 Å². The predicted molar refractivity (Wildman–Crippen MR) is 65.0 cm³/mol. The minimum absolute atomic E-state index is 0.259. The molecule has 2 N–H and O–H groups in total. The van der Waals surface area contributed by atoms with E-state index in [4.69, 9.17) is 4.55 Å². The summed E-state index contributed by atoms with van der Waals surface area (Å²) in [7, 11) is -4.55. The van der Waals surface area contributed by atoms with Crippen LogP contribution in [-0.2, 0) is 26.4 Å². The largest absolute Gasteiger partial charge is 0.362 e. The molecule has 102 valence electrons. The molecule has 7 nitrogen and oxygen atoms in total. The lowest BCUT2D eigenvalue weighted by atomic mass is 10.0. The van der Waals surface area contributed by atoms with Crippen molar-refractivity contribution in [1.29, 1.82) is 0 Å². The van der Waals surface area contributed by atoms with Crippen LogP contribution in [0, 0.1) is 5.92 Å². The van der Waals surface area contributed by atoms with E-state index in [0.29, 0.717) is 0 Å². The zero-order valence-electron chi connectivity index (χ0n) is 9.81. The van der Waals surface area contributed by atoms with Gasteiger partial charge in [-0.3, -0.25) is 14.1 Å². The molecule has 1 saturated heterocycles. The molecular weight excluding hydrogens is 272 g/mol. The second kappa shape index (κ2) is 4.98. The molecule has 1 aromatic rings. The molecule has 0 unspecified atom stereocenters. The molecule has 1 atom stereocenters. The fourth-order valence-electron chi connectivity index (χ4n) is 1.71. The van der Waals surface area contributed by atoms with Gasteiger partial charge in [0.15, 0.2) is 0 Å². The van der Waals surface area contributed by atoms with Gasteiger partial charge >= 0.3 is 10.3 Å². The van der Waals surface area contributed by atoms with Crippen molar-refractivity contribution in [2.24, 2.45) is 5.92 Å². The van der Waals surface area contributed by atoms with Gasteiger partial charge in [0.25, 0.3) is 5.91 Å². The number of rotatable bonds is 4. The van der Waals surface area contributed by atoms with Gasteiger partial charge in [-0.15, -0.1) is 0 Å². The summed E-state index contributed by atoms with van der Waals surface area (Å²) in [5, 5.41) is 2.54. The Balaban J connectivity index is 1.88. The first-order valence-corrected chi connectivity index (χ1v) is 6.90. The minimum Gasteiger partial charge on any atom is -0.351 e. The van der Waals surface area contributed by atoms with Crippen LogP contribution in [0.4, 0.5) is 0 Å². The molecule has 2 amide bonds. The molecule has 0 spiro atoms. The molecule has 1 aliphatic rings. The van der Waals surface area contributed by atoms with E-state index in [1.54, 1.807) is 0 Å². The first kappa shape index (κ1) is 13.5. The smallest absolute Gasteiger partial charge is 0.351 e. The normalized spacial score (nSPS) is 18.9. The lowest BCUT2D eigenvalue weighted by molar-refractivity contribution is -0.148. The van der Waals surface area contributed by atoms with Crippen LogP contribution in [-0.4, -0.2) is 35.6 Å². The SMILES string of the molecule is O=C(NCc1ccccc1)[C@H]1CN(S(=O)(=O)O)C1=O.